The molecule has 1 aromatic rings. The summed E-state index contributed by atoms with van der Waals surface area (Å²) in [7, 11) is 0. The van der Waals surface area contributed by atoms with E-state index in [0.29, 0.717) is 5.56 Å². The molecule has 1 aliphatic heterocycles. The van der Waals surface area contributed by atoms with Crippen LogP contribution >= 0.6 is 15.9 Å². The molecule has 0 spiro atoms. The second-order valence-electron chi connectivity index (χ2n) is 4.30. The summed E-state index contributed by atoms with van der Waals surface area (Å²) in [5.74, 6) is -0.148. The predicted octanol–water partition coefficient (Wildman–Crippen LogP) is 0.935. The third kappa shape index (κ3) is 2.51. The van der Waals surface area contributed by atoms with E-state index in [1.807, 2.05) is 19.1 Å². The van der Waals surface area contributed by atoms with Crippen LogP contribution in [-0.2, 0) is 0 Å². The fourth-order valence-electron chi connectivity index (χ4n) is 1.97. The Bertz CT molecular complexity index is 439. The minimum atomic E-state index is -0.838. The van der Waals surface area contributed by atoms with Crippen molar-refractivity contribution in [1.29, 1.82) is 0 Å². The maximum atomic E-state index is 12.2. The number of carbonyl (C=O) groups is 1. The molecule has 4 nitrogen and oxygen atoms in total. The van der Waals surface area contributed by atoms with E-state index in [4.69, 9.17) is 0 Å². The maximum absolute atomic E-state index is 12.2. The summed E-state index contributed by atoms with van der Waals surface area (Å²) in [5.41, 5.74) is 1.48. The second kappa shape index (κ2) is 4.76. The molecule has 0 aliphatic carbocycles. The van der Waals surface area contributed by atoms with E-state index in [9.17, 15) is 15.0 Å². The molecule has 0 unspecified atom stereocenters. The van der Waals surface area contributed by atoms with Gasteiger partial charge in [-0.1, -0.05) is 15.9 Å². The van der Waals surface area contributed by atoms with Gasteiger partial charge in [-0.3, -0.25) is 4.79 Å². The Labute approximate surface area is 108 Å². The SMILES string of the molecule is Cc1cc(Br)ccc1C(=O)N1C[C@@H](O)[C@@H](O)C1. The largest absolute Gasteiger partial charge is 0.388 e. The molecular weight excluding hydrogens is 286 g/mol. The number of likely N-dealkylation sites (tertiary alicyclic amines) is 1. The molecule has 1 aliphatic rings. The van der Waals surface area contributed by atoms with Crippen molar-refractivity contribution in [3.8, 4) is 0 Å². The number of hydrogen-bond donors (Lipinski definition) is 2. The van der Waals surface area contributed by atoms with Gasteiger partial charge in [-0.15, -0.1) is 0 Å². The molecule has 0 saturated carbocycles. The number of aliphatic hydroxyl groups excluding tert-OH is 2. The van der Waals surface area contributed by atoms with Gasteiger partial charge in [-0.2, -0.15) is 0 Å². The van der Waals surface area contributed by atoms with Crippen LogP contribution in [0.2, 0.25) is 0 Å². The van der Waals surface area contributed by atoms with Crippen LogP contribution in [0.4, 0.5) is 0 Å². The smallest absolute Gasteiger partial charge is 0.254 e. The number of nitrogens with zero attached hydrogens (tertiary/aromatic N) is 1. The first-order chi connectivity index (χ1) is 7.99. The third-order valence-corrected chi connectivity index (χ3v) is 3.46. The predicted molar refractivity (Wildman–Crippen MR) is 66.8 cm³/mol. The number of β-amino-alcohol motifs (C(OH)–C–C–N with tert-alkyl or cyclic N) is 2. The first-order valence-corrected chi connectivity index (χ1v) is 6.20. The van der Waals surface area contributed by atoms with Crippen LogP contribution in [0.25, 0.3) is 0 Å². The minimum Gasteiger partial charge on any atom is -0.388 e. The van der Waals surface area contributed by atoms with Crippen molar-refractivity contribution in [2.45, 2.75) is 19.1 Å². The average Bonchev–Trinajstić information content (AvgIpc) is 2.58. The molecule has 1 amide bonds. The molecule has 17 heavy (non-hydrogen) atoms. The molecule has 1 heterocycles. The lowest BCUT2D eigenvalue weighted by atomic mass is 10.1. The van der Waals surface area contributed by atoms with Gasteiger partial charge >= 0.3 is 0 Å². The van der Waals surface area contributed by atoms with Crippen molar-refractivity contribution in [3.63, 3.8) is 0 Å². The number of carbonyl (C=O) groups excluding carboxylic acids is 1. The van der Waals surface area contributed by atoms with Crippen molar-refractivity contribution < 1.29 is 15.0 Å². The Balaban J connectivity index is 2.20. The minimum absolute atomic E-state index is 0.148. The van der Waals surface area contributed by atoms with E-state index >= 15 is 0 Å². The summed E-state index contributed by atoms with van der Waals surface area (Å²) in [6.45, 7) is 2.24. The molecule has 2 atom stereocenters. The summed E-state index contributed by atoms with van der Waals surface area (Å²) in [5, 5.41) is 18.9. The first kappa shape index (κ1) is 12.5. The van der Waals surface area contributed by atoms with Gasteiger partial charge in [-0.05, 0) is 30.7 Å². The number of aliphatic hydroxyl groups is 2. The van der Waals surface area contributed by atoms with Crippen LogP contribution in [0.15, 0.2) is 22.7 Å². The highest BCUT2D eigenvalue weighted by atomic mass is 79.9. The lowest BCUT2D eigenvalue weighted by Gasteiger charge is -2.16. The van der Waals surface area contributed by atoms with Crippen LogP contribution in [-0.4, -0.2) is 46.3 Å². The number of halogens is 1. The average molecular weight is 300 g/mol. The zero-order chi connectivity index (χ0) is 12.6. The van der Waals surface area contributed by atoms with Gasteiger partial charge in [0.15, 0.2) is 0 Å². The highest BCUT2D eigenvalue weighted by molar-refractivity contribution is 9.10. The van der Waals surface area contributed by atoms with Gasteiger partial charge in [0.2, 0.25) is 0 Å². The second-order valence-corrected chi connectivity index (χ2v) is 5.22. The highest BCUT2D eigenvalue weighted by Crippen LogP contribution is 2.20. The van der Waals surface area contributed by atoms with Gasteiger partial charge in [0.05, 0.1) is 12.2 Å². The topological polar surface area (TPSA) is 60.8 Å². The molecule has 5 heteroatoms. The lowest BCUT2D eigenvalue weighted by molar-refractivity contribution is 0.0572. The Morgan fingerprint density at radius 1 is 1.35 bits per heavy atom. The van der Waals surface area contributed by atoms with Gasteiger partial charge in [0.25, 0.3) is 5.91 Å². The summed E-state index contributed by atoms with van der Waals surface area (Å²) in [6, 6.07) is 5.43. The van der Waals surface area contributed by atoms with Crippen LogP contribution in [0, 0.1) is 6.92 Å². The number of rotatable bonds is 1. The van der Waals surface area contributed by atoms with E-state index in [2.05, 4.69) is 15.9 Å². The molecule has 1 saturated heterocycles. The Hall–Kier alpha value is -0.910. The Kier molecular flexibility index (Phi) is 3.51. The monoisotopic (exact) mass is 299 g/mol. The van der Waals surface area contributed by atoms with Crippen LogP contribution in [0.3, 0.4) is 0 Å². The van der Waals surface area contributed by atoms with E-state index < -0.39 is 12.2 Å². The van der Waals surface area contributed by atoms with Gasteiger partial charge < -0.3 is 15.1 Å². The fraction of sp³-hybridized carbons (Fsp3) is 0.417. The highest BCUT2D eigenvalue weighted by Gasteiger charge is 2.33. The molecule has 0 radical (unpaired) electrons. The molecular formula is C12H14BrNO3. The van der Waals surface area contributed by atoms with Crippen molar-refractivity contribution in [2.24, 2.45) is 0 Å². The number of hydrogen-bond acceptors (Lipinski definition) is 3. The summed E-state index contributed by atoms with van der Waals surface area (Å²) >= 11 is 3.34. The zero-order valence-electron chi connectivity index (χ0n) is 9.43. The van der Waals surface area contributed by atoms with E-state index in [-0.39, 0.29) is 19.0 Å². The van der Waals surface area contributed by atoms with Crippen LogP contribution in [0.1, 0.15) is 15.9 Å². The number of amides is 1. The van der Waals surface area contributed by atoms with E-state index in [0.717, 1.165) is 10.0 Å². The van der Waals surface area contributed by atoms with Crippen molar-refractivity contribution in [2.75, 3.05) is 13.1 Å². The van der Waals surface area contributed by atoms with Crippen molar-refractivity contribution in [1.82, 2.24) is 4.90 Å². The van der Waals surface area contributed by atoms with E-state index in [1.165, 1.54) is 4.90 Å². The maximum Gasteiger partial charge on any atom is 0.254 e. The Morgan fingerprint density at radius 3 is 2.47 bits per heavy atom. The van der Waals surface area contributed by atoms with Crippen LogP contribution in [0.5, 0.6) is 0 Å². The van der Waals surface area contributed by atoms with Gasteiger partial charge in [-0.25, -0.2) is 0 Å². The van der Waals surface area contributed by atoms with Crippen molar-refractivity contribution in [3.05, 3.63) is 33.8 Å². The lowest BCUT2D eigenvalue weighted by Crippen LogP contribution is -2.30. The number of benzene rings is 1. The molecule has 0 aromatic heterocycles. The molecule has 92 valence electrons. The molecule has 2 N–H and O–H groups in total. The van der Waals surface area contributed by atoms with Crippen molar-refractivity contribution >= 4 is 21.8 Å². The summed E-state index contributed by atoms with van der Waals surface area (Å²) in [4.78, 5) is 13.6. The molecule has 1 aromatic carbocycles. The normalized spacial score (nSPS) is 24.1. The zero-order valence-corrected chi connectivity index (χ0v) is 11.0. The van der Waals surface area contributed by atoms with E-state index in [1.54, 1.807) is 6.07 Å². The van der Waals surface area contributed by atoms with Gasteiger partial charge in [0, 0.05) is 23.1 Å². The number of aryl methyl sites for hydroxylation is 1. The molecule has 2 rings (SSSR count). The molecule has 1 fully saturated rings. The summed E-state index contributed by atoms with van der Waals surface area (Å²) in [6.07, 6.45) is -1.68. The standard InChI is InChI=1S/C12H14BrNO3/c1-7-4-8(13)2-3-9(7)12(17)14-5-10(15)11(16)6-14/h2-4,10-11,15-16H,5-6H2,1H3/t10-,11+. The molecule has 0 bridgehead atoms. The summed E-state index contributed by atoms with van der Waals surface area (Å²) < 4.78 is 0.924. The fourth-order valence-corrected chi connectivity index (χ4v) is 2.45. The Morgan fingerprint density at radius 2 is 1.94 bits per heavy atom. The quantitative estimate of drug-likeness (QED) is 0.811. The third-order valence-electron chi connectivity index (χ3n) is 2.97. The first-order valence-electron chi connectivity index (χ1n) is 5.40. The van der Waals surface area contributed by atoms with Crippen LogP contribution < -0.4 is 0 Å². The van der Waals surface area contributed by atoms with Gasteiger partial charge in [0.1, 0.15) is 0 Å².